The molecule has 0 radical (unpaired) electrons. The van der Waals surface area contributed by atoms with Crippen molar-refractivity contribution in [3.05, 3.63) is 53.1 Å². The highest BCUT2D eigenvalue weighted by Gasteiger charge is 2.24. The second-order valence-electron chi connectivity index (χ2n) is 6.79. The average Bonchev–Trinajstić information content (AvgIpc) is 2.72. The topological polar surface area (TPSA) is 65.1 Å². The number of anilines is 1. The molecular formula is C22H25NO5. The molecule has 6 heteroatoms. The maximum absolute atomic E-state index is 12.6. The van der Waals surface area contributed by atoms with Gasteiger partial charge < -0.3 is 19.1 Å². The van der Waals surface area contributed by atoms with E-state index in [1.165, 1.54) is 0 Å². The lowest BCUT2D eigenvalue weighted by molar-refractivity contribution is -0.147. The normalized spacial score (nSPS) is 12.9. The van der Waals surface area contributed by atoms with Gasteiger partial charge in [-0.2, -0.15) is 0 Å². The van der Waals surface area contributed by atoms with Crippen molar-refractivity contribution < 1.29 is 23.8 Å². The molecule has 0 spiro atoms. The zero-order valence-corrected chi connectivity index (χ0v) is 16.5. The highest BCUT2D eigenvalue weighted by Crippen LogP contribution is 2.30. The van der Waals surface area contributed by atoms with Gasteiger partial charge >= 0.3 is 5.97 Å². The number of hydrogen-bond acceptors (Lipinski definition) is 5. The Morgan fingerprint density at radius 3 is 2.64 bits per heavy atom. The lowest BCUT2D eigenvalue weighted by Gasteiger charge is -2.29. The van der Waals surface area contributed by atoms with E-state index in [-0.39, 0.29) is 18.9 Å². The van der Waals surface area contributed by atoms with Crippen LogP contribution in [0, 0.1) is 6.92 Å². The molecule has 0 aromatic heterocycles. The maximum Gasteiger partial charge on any atom is 0.310 e. The van der Waals surface area contributed by atoms with E-state index in [9.17, 15) is 9.59 Å². The van der Waals surface area contributed by atoms with Crippen molar-refractivity contribution in [2.45, 2.75) is 26.2 Å². The molecule has 28 heavy (non-hydrogen) atoms. The van der Waals surface area contributed by atoms with Crippen molar-refractivity contribution in [3.63, 3.8) is 0 Å². The van der Waals surface area contributed by atoms with Crippen molar-refractivity contribution in [2.24, 2.45) is 0 Å². The van der Waals surface area contributed by atoms with Gasteiger partial charge in [0, 0.05) is 12.2 Å². The summed E-state index contributed by atoms with van der Waals surface area (Å²) in [4.78, 5) is 26.5. The van der Waals surface area contributed by atoms with Crippen molar-refractivity contribution in [2.75, 3.05) is 32.3 Å². The summed E-state index contributed by atoms with van der Waals surface area (Å²) in [5.74, 6) is 0.835. The van der Waals surface area contributed by atoms with E-state index in [2.05, 4.69) is 0 Å². The highest BCUT2D eigenvalue weighted by molar-refractivity contribution is 5.96. The second kappa shape index (κ2) is 8.78. The number of fused-ring (bicyclic) bond motifs is 1. The van der Waals surface area contributed by atoms with Gasteiger partial charge in [-0.05, 0) is 60.7 Å². The third kappa shape index (κ3) is 4.44. The Labute approximate surface area is 165 Å². The molecule has 1 aliphatic heterocycles. The number of carbonyl (C=O) groups is 2. The van der Waals surface area contributed by atoms with Crippen LogP contribution in [0.25, 0.3) is 0 Å². The van der Waals surface area contributed by atoms with Crippen molar-refractivity contribution in [1.29, 1.82) is 0 Å². The van der Waals surface area contributed by atoms with Crippen LogP contribution in [0.5, 0.6) is 11.5 Å². The first-order valence-corrected chi connectivity index (χ1v) is 9.28. The molecule has 1 aliphatic rings. The van der Waals surface area contributed by atoms with Crippen molar-refractivity contribution in [1.82, 2.24) is 0 Å². The molecule has 0 atom stereocenters. The smallest absolute Gasteiger partial charge is 0.310 e. The predicted molar refractivity (Wildman–Crippen MR) is 106 cm³/mol. The molecule has 6 nitrogen and oxygen atoms in total. The number of esters is 1. The van der Waals surface area contributed by atoms with Crippen LogP contribution in [0.4, 0.5) is 5.69 Å². The second-order valence-corrected chi connectivity index (χ2v) is 6.79. The number of nitrogens with zero attached hydrogens (tertiary/aromatic N) is 1. The Balaban J connectivity index is 1.59. The summed E-state index contributed by atoms with van der Waals surface area (Å²) in [6, 6.07) is 11.2. The van der Waals surface area contributed by atoms with Crippen LogP contribution in [-0.2, 0) is 27.2 Å². The van der Waals surface area contributed by atoms with Crippen LogP contribution in [0.1, 0.15) is 23.1 Å². The molecule has 1 heterocycles. The fourth-order valence-electron chi connectivity index (χ4n) is 3.37. The van der Waals surface area contributed by atoms with E-state index in [0.29, 0.717) is 6.54 Å². The lowest BCUT2D eigenvalue weighted by Crippen LogP contribution is -2.38. The van der Waals surface area contributed by atoms with Gasteiger partial charge in [0.05, 0.1) is 20.6 Å². The maximum atomic E-state index is 12.6. The zero-order chi connectivity index (χ0) is 20.1. The molecule has 148 valence electrons. The zero-order valence-electron chi connectivity index (χ0n) is 16.5. The number of ether oxygens (including phenoxy) is 3. The number of aryl methyl sites for hydroxylation is 2. The van der Waals surface area contributed by atoms with Crippen molar-refractivity contribution >= 4 is 17.6 Å². The SMILES string of the molecule is COc1ccc2c(c1)CCCN2C(=O)COC(=O)Cc1ccc(C)c(OC)c1. The molecule has 0 N–H and O–H groups in total. The molecule has 1 amide bonds. The number of hydrogen-bond donors (Lipinski definition) is 0. The van der Waals surface area contributed by atoms with Crippen molar-refractivity contribution in [3.8, 4) is 11.5 Å². The molecule has 3 rings (SSSR count). The third-order valence-corrected chi connectivity index (χ3v) is 4.88. The average molecular weight is 383 g/mol. The first kappa shape index (κ1) is 19.7. The molecule has 0 saturated heterocycles. The van der Waals surface area contributed by atoms with Crippen LogP contribution in [0.2, 0.25) is 0 Å². The lowest BCUT2D eigenvalue weighted by atomic mass is 10.0. The van der Waals surface area contributed by atoms with E-state index in [0.717, 1.165) is 46.7 Å². The summed E-state index contributed by atoms with van der Waals surface area (Å²) in [7, 11) is 3.21. The number of methoxy groups -OCH3 is 2. The van der Waals surface area contributed by atoms with Gasteiger partial charge in [-0.3, -0.25) is 9.59 Å². The van der Waals surface area contributed by atoms with Crippen LogP contribution in [-0.4, -0.2) is 39.2 Å². The van der Waals surface area contributed by atoms with E-state index >= 15 is 0 Å². The first-order valence-electron chi connectivity index (χ1n) is 9.28. The van der Waals surface area contributed by atoms with Gasteiger partial charge in [-0.1, -0.05) is 12.1 Å². The van der Waals surface area contributed by atoms with Gasteiger partial charge in [0.2, 0.25) is 0 Å². The molecule has 2 aromatic carbocycles. The fraction of sp³-hybridized carbons (Fsp3) is 0.364. The number of rotatable bonds is 6. The molecule has 0 fully saturated rings. The number of amides is 1. The summed E-state index contributed by atoms with van der Waals surface area (Å²) in [6.07, 6.45) is 1.85. The van der Waals surface area contributed by atoms with Crippen LogP contribution < -0.4 is 14.4 Å². The Kier molecular flexibility index (Phi) is 6.19. The molecule has 0 unspecified atom stereocenters. The van der Waals surface area contributed by atoms with Gasteiger partial charge in [0.25, 0.3) is 5.91 Å². The highest BCUT2D eigenvalue weighted by atomic mass is 16.5. The molecule has 0 bridgehead atoms. The summed E-state index contributed by atoms with van der Waals surface area (Å²) in [5, 5.41) is 0. The Bertz CT molecular complexity index is 877. The molecule has 2 aromatic rings. The number of carbonyl (C=O) groups excluding carboxylic acids is 2. The van der Waals surface area contributed by atoms with Crippen LogP contribution in [0.3, 0.4) is 0 Å². The summed E-state index contributed by atoms with van der Waals surface area (Å²) < 4.78 is 15.8. The largest absolute Gasteiger partial charge is 0.497 e. The van der Waals surface area contributed by atoms with Gasteiger partial charge in [-0.25, -0.2) is 0 Å². The summed E-state index contributed by atoms with van der Waals surface area (Å²) in [5.41, 5.74) is 3.71. The van der Waals surface area contributed by atoms with E-state index < -0.39 is 5.97 Å². The monoisotopic (exact) mass is 383 g/mol. The Hall–Kier alpha value is -3.02. The number of benzene rings is 2. The van der Waals surface area contributed by atoms with Gasteiger partial charge in [-0.15, -0.1) is 0 Å². The van der Waals surface area contributed by atoms with Crippen LogP contribution >= 0.6 is 0 Å². The minimum absolute atomic E-state index is 0.0949. The fourth-order valence-corrected chi connectivity index (χ4v) is 3.37. The molecule has 0 aliphatic carbocycles. The standard InChI is InChI=1S/C22H25NO5/c1-15-6-7-16(11-20(15)27-3)12-22(25)28-14-21(24)23-10-4-5-17-13-18(26-2)8-9-19(17)23/h6-9,11,13H,4-5,10,12,14H2,1-3H3. The Morgan fingerprint density at radius 2 is 1.89 bits per heavy atom. The van der Waals surface area contributed by atoms with E-state index in [1.807, 2.05) is 43.3 Å². The summed E-state index contributed by atoms with van der Waals surface area (Å²) >= 11 is 0. The molecule has 0 saturated carbocycles. The van der Waals surface area contributed by atoms with Crippen LogP contribution in [0.15, 0.2) is 36.4 Å². The van der Waals surface area contributed by atoms with E-state index in [1.54, 1.807) is 19.1 Å². The minimum atomic E-state index is -0.439. The first-order chi connectivity index (χ1) is 13.5. The predicted octanol–water partition coefficient (Wildman–Crippen LogP) is 3.08. The Morgan fingerprint density at radius 1 is 1.07 bits per heavy atom. The quantitative estimate of drug-likeness (QED) is 0.718. The molecular weight excluding hydrogens is 358 g/mol. The third-order valence-electron chi connectivity index (χ3n) is 4.88. The van der Waals surface area contributed by atoms with Gasteiger partial charge in [0.1, 0.15) is 11.5 Å². The van der Waals surface area contributed by atoms with Gasteiger partial charge in [0.15, 0.2) is 6.61 Å². The minimum Gasteiger partial charge on any atom is -0.497 e. The van der Waals surface area contributed by atoms with E-state index in [4.69, 9.17) is 14.2 Å². The summed E-state index contributed by atoms with van der Waals surface area (Å²) in [6.45, 7) is 2.28.